The van der Waals surface area contributed by atoms with Crippen molar-refractivity contribution in [3.63, 3.8) is 0 Å². The van der Waals surface area contributed by atoms with Crippen LogP contribution in [0.1, 0.15) is 44.6 Å². The first kappa shape index (κ1) is 13.8. The highest BCUT2D eigenvalue weighted by atomic mass is 15.3. The van der Waals surface area contributed by atoms with E-state index in [9.17, 15) is 0 Å². The van der Waals surface area contributed by atoms with Crippen molar-refractivity contribution in [3.05, 3.63) is 30.1 Å². The van der Waals surface area contributed by atoms with Crippen LogP contribution < -0.4 is 5.73 Å². The number of aryl methyl sites for hydroxylation is 2. The van der Waals surface area contributed by atoms with E-state index in [1.54, 1.807) is 0 Å². The Morgan fingerprint density at radius 2 is 2.11 bits per heavy atom. The SMILES string of the molecule is CCc1nn(C)cc1-n1cncc1C(N)CC(C)C. The summed E-state index contributed by atoms with van der Waals surface area (Å²) >= 11 is 0. The predicted molar refractivity (Wildman–Crippen MR) is 76.1 cm³/mol. The molecule has 0 aliphatic rings. The molecule has 0 aliphatic heterocycles. The summed E-state index contributed by atoms with van der Waals surface area (Å²) in [7, 11) is 1.94. The lowest BCUT2D eigenvalue weighted by Crippen LogP contribution is -2.16. The summed E-state index contributed by atoms with van der Waals surface area (Å²) in [6, 6.07) is 0.00686. The van der Waals surface area contributed by atoms with E-state index in [1.807, 2.05) is 30.5 Å². The van der Waals surface area contributed by atoms with Crippen LogP contribution in [0.5, 0.6) is 0 Å². The number of nitrogens with two attached hydrogens (primary N) is 1. The van der Waals surface area contributed by atoms with Gasteiger partial charge in [0.1, 0.15) is 0 Å². The zero-order valence-corrected chi connectivity index (χ0v) is 12.2. The van der Waals surface area contributed by atoms with E-state index in [0.29, 0.717) is 5.92 Å². The van der Waals surface area contributed by atoms with Crippen molar-refractivity contribution in [2.24, 2.45) is 18.7 Å². The molecule has 2 aromatic rings. The van der Waals surface area contributed by atoms with Gasteiger partial charge < -0.3 is 5.73 Å². The molecule has 0 saturated carbocycles. The molecule has 2 N–H and O–H groups in total. The van der Waals surface area contributed by atoms with Crippen molar-refractivity contribution in [2.45, 2.75) is 39.7 Å². The molecule has 1 unspecified atom stereocenters. The van der Waals surface area contributed by atoms with Gasteiger partial charge in [0.25, 0.3) is 0 Å². The Bertz CT molecular complexity index is 538. The molecular formula is C14H23N5. The molecular weight excluding hydrogens is 238 g/mol. The van der Waals surface area contributed by atoms with Gasteiger partial charge in [-0.2, -0.15) is 5.10 Å². The van der Waals surface area contributed by atoms with Crippen LogP contribution in [0.25, 0.3) is 5.69 Å². The lowest BCUT2D eigenvalue weighted by atomic mass is 10.0. The standard InChI is InChI=1S/C14H23N5/c1-5-12-14(8-18(4)17-12)19-9-16-7-13(19)11(15)6-10(2)3/h7-11H,5-6,15H2,1-4H3. The van der Waals surface area contributed by atoms with Gasteiger partial charge in [-0.05, 0) is 18.8 Å². The maximum Gasteiger partial charge on any atom is 0.0995 e. The molecule has 0 radical (unpaired) electrons. The molecule has 2 aromatic heterocycles. The Balaban J connectivity index is 2.38. The number of imidazole rings is 1. The summed E-state index contributed by atoms with van der Waals surface area (Å²) in [5, 5.41) is 4.47. The van der Waals surface area contributed by atoms with Crippen molar-refractivity contribution in [1.82, 2.24) is 19.3 Å². The zero-order chi connectivity index (χ0) is 14.0. The second-order valence-corrected chi connectivity index (χ2v) is 5.41. The first-order valence-corrected chi connectivity index (χ1v) is 6.83. The minimum Gasteiger partial charge on any atom is -0.323 e. The van der Waals surface area contributed by atoms with Crippen LogP contribution in [-0.2, 0) is 13.5 Å². The van der Waals surface area contributed by atoms with E-state index in [0.717, 1.165) is 29.9 Å². The minimum atomic E-state index is 0.00686. The van der Waals surface area contributed by atoms with Crippen LogP contribution in [0.15, 0.2) is 18.7 Å². The van der Waals surface area contributed by atoms with Gasteiger partial charge in [-0.1, -0.05) is 20.8 Å². The van der Waals surface area contributed by atoms with Gasteiger partial charge in [0.2, 0.25) is 0 Å². The van der Waals surface area contributed by atoms with Crippen molar-refractivity contribution in [1.29, 1.82) is 0 Å². The Kier molecular flexibility index (Phi) is 4.04. The molecule has 19 heavy (non-hydrogen) atoms. The van der Waals surface area contributed by atoms with Gasteiger partial charge in [-0.25, -0.2) is 4.98 Å². The quantitative estimate of drug-likeness (QED) is 0.897. The molecule has 0 aromatic carbocycles. The number of rotatable bonds is 5. The number of nitrogens with zero attached hydrogens (tertiary/aromatic N) is 4. The maximum atomic E-state index is 6.29. The van der Waals surface area contributed by atoms with Crippen molar-refractivity contribution >= 4 is 0 Å². The van der Waals surface area contributed by atoms with E-state index in [-0.39, 0.29) is 6.04 Å². The third-order valence-electron chi connectivity index (χ3n) is 3.25. The first-order chi connectivity index (χ1) is 9.02. The lowest BCUT2D eigenvalue weighted by molar-refractivity contribution is 0.497. The highest BCUT2D eigenvalue weighted by Crippen LogP contribution is 2.23. The molecule has 0 saturated heterocycles. The predicted octanol–water partition coefficient (Wildman–Crippen LogP) is 2.21. The molecule has 2 rings (SSSR count). The topological polar surface area (TPSA) is 61.7 Å². The van der Waals surface area contributed by atoms with Gasteiger partial charge in [0, 0.05) is 19.3 Å². The van der Waals surface area contributed by atoms with E-state index in [2.05, 4.69) is 35.4 Å². The van der Waals surface area contributed by atoms with Crippen LogP contribution in [0.4, 0.5) is 0 Å². The second kappa shape index (κ2) is 5.57. The summed E-state index contributed by atoms with van der Waals surface area (Å²) in [4.78, 5) is 4.26. The molecule has 0 bridgehead atoms. The van der Waals surface area contributed by atoms with E-state index < -0.39 is 0 Å². The Hall–Kier alpha value is -1.62. The Morgan fingerprint density at radius 1 is 1.37 bits per heavy atom. The van der Waals surface area contributed by atoms with Crippen LogP contribution in [-0.4, -0.2) is 19.3 Å². The third-order valence-corrected chi connectivity index (χ3v) is 3.25. The lowest BCUT2D eigenvalue weighted by Gasteiger charge is -2.16. The zero-order valence-electron chi connectivity index (χ0n) is 12.2. The summed E-state index contributed by atoms with van der Waals surface area (Å²) in [6.45, 7) is 6.47. The Morgan fingerprint density at radius 3 is 2.74 bits per heavy atom. The molecule has 5 heteroatoms. The van der Waals surface area contributed by atoms with Crippen LogP contribution in [0, 0.1) is 5.92 Å². The van der Waals surface area contributed by atoms with Crippen molar-refractivity contribution < 1.29 is 0 Å². The van der Waals surface area contributed by atoms with Gasteiger partial charge in [-0.3, -0.25) is 9.25 Å². The molecule has 0 aliphatic carbocycles. The van der Waals surface area contributed by atoms with Crippen molar-refractivity contribution in [3.8, 4) is 5.69 Å². The molecule has 1 atom stereocenters. The molecule has 0 spiro atoms. The summed E-state index contributed by atoms with van der Waals surface area (Å²) in [5.74, 6) is 0.567. The number of aromatic nitrogens is 4. The number of hydrogen-bond donors (Lipinski definition) is 1. The summed E-state index contributed by atoms with van der Waals surface area (Å²) in [6.07, 6.45) is 7.55. The van der Waals surface area contributed by atoms with E-state index in [4.69, 9.17) is 5.73 Å². The second-order valence-electron chi connectivity index (χ2n) is 5.41. The van der Waals surface area contributed by atoms with Gasteiger partial charge in [-0.15, -0.1) is 0 Å². The average Bonchev–Trinajstić information content (AvgIpc) is 2.93. The van der Waals surface area contributed by atoms with Crippen molar-refractivity contribution in [2.75, 3.05) is 0 Å². The van der Waals surface area contributed by atoms with E-state index in [1.165, 1.54) is 0 Å². The highest BCUT2D eigenvalue weighted by Gasteiger charge is 2.17. The molecule has 2 heterocycles. The Labute approximate surface area is 114 Å². The third kappa shape index (κ3) is 2.87. The normalized spacial score (nSPS) is 13.2. The van der Waals surface area contributed by atoms with Gasteiger partial charge >= 0.3 is 0 Å². The summed E-state index contributed by atoms with van der Waals surface area (Å²) in [5.41, 5.74) is 9.49. The fourth-order valence-electron chi connectivity index (χ4n) is 2.38. The fourth-order valence-corrected chi connectivity index (χ4v) is 2.38. The van der Waals surface area contributed by atoms with Gasteiger partial charge in [0.05, 0.1) is 29.6 Å². The molecule has 0 amide bonds. The molecule has 104 valence electrons. The van der Waals surface area contributed by atoms with Crippen LogP contribution >= 0.6 is 0 Å². The van der Waals surface area contributed by atoms with Crippen LogP contribution in [0.2, 0.25) is 0 Å². The highest BCUT2D eigenvalue weighted by molar-refractivity contribution is 5.37. The van der Waals surface area contributed by atoms with E-state index >= 15 is 0 Å². The molecule has 5 nitrogen and oxygen atoms in total. The summed E-state index contributed by atoms with van der Waals surface area (Å²) < 4.78 is 3.91. The number of hydrogen-bond acceptors (Lipinski definition) is 3. The molecule has 0 fully saturated rings. The largest absolute Gasteiger partial charge is 0.323 e. The van der Waals surface area contributed by atoms with Gasteiger partial charge in [0.15, 0.2) is 0 Å². The van der Waals surface area contributed by atoms with Crippen LogP contribution in [0.3, 0.4) is 0 Å². The smallest absolute Gasteiger partial charge is 0.0995 e. The monoisotopic (exact) mass is 261 g/mol. The minimum absolute atomic E-state index is 0.00686. The average molecular weight is 261 g/mol. The maximum absolute atomic E-state index is 6.29. The fraction of sp³-hybridized carbons (Fsp3) is 0.571. The first-order valence-electron chi connectivity index (χ1n) is 6.83.